The summed E-state index contributed by atoms with van der Waals surface area (Å²) in [6.45, 7) is 0.0451. The molecule has 0 unspecified atom stereocenters. The van der Waals surface area contributed by atoms with E-state index in [2.05, 4.69) is 10.3 Å². The summed E-state index contributed by atoms with van der Waals surface area (Å²) in [6, 6.07) is 12.5. The van der Waals surface area contributed by atoms with Crippen molar-refractivity contribution in [3.8, 4) is 0 Å². The third kappa shape index (κ3) is 3.55. The van der Waals surface area contributed by atoms with E-state index in [-0.39, 0.29) is 23.7 Å². The molecule has 1 aliphatic carbocycles. The lowest BCUT2D eigenvalue weighted by Crippen LogP contribution is -2.25. The number of fused-ring (bicyclic) bond motifs is 1. The van der Waals surface area contributed by atoms with Crippen LogP contribution in [-0.2, 0) is 0 Å². The van der Waals surface area contributed by atoms with Gasteiger partial charge in [0.05, 0.1) is 6.20 Å². The van der Waals surface area contributed by atoms with Crippen LogP contribution in [0, 0.1) is 5.41 Å². The minimum Gasteiger partial charge on any atom is -0.396 e. The highest BCUT2D eigenvalue weighted by molar-refractivity contribution is 6.04. The van der Waals surface area contributed by atoms with Crippen LogP contribution in [0.1, 0.15) is 53.0 Å². The van der Waals surface area contributed by atoms with Crippen LogP contribution in [0.5, 0.6) is 0 Å². The Bertz CT molecular complexity index is 1020. The number of carbonyl (C=O) groups excluding carboxylic acids is 2. The normalized spacial score (nSPS) is 15.6. The molecule has 1 amide bonds. The Hall–Kier alpha value is -2.99. The van der Waals surface area contributed by atoms with Gasteiger partial charge in [0.15, 0.2) is 5.78 Å². The Morgan fingerprint density at radius 2 is 1.96 bits per heavy atom. The number of aliphatic hydroxyl groups is 1. The van der Waals surface area contributed by atoms with Gasteiger partial charge in [0.1, 0.15) is 11.3 Å². The van der Waals surface area contributed by atoms with Crippen LogP contribution in [0.4, 0.5) is 5.69 Å². The lowest BCUT2D eigenvalue weighted by atomic mass is 9.81. The van der Waals surface area contributed by atoms with Crippen LogP contribution in [0.2, 0.25) is 0 Å². The summed E-state index contributed by atoms with van der Waals surface area (Å²) in [5.41, 5.74) is 1.95. The molecule has 1 aliphatic rings. The molecule has 28 heavy (non-hydrogen) atoms. The number of imidazole rings is 1. The number of ketones is 1. The maximum Gasteiger partial charge on any atom is 0.274 e. The summed E-state index contributed by atoms with van der Waals surface area (Å²) in [5.74, 6) is -0.284. The van der Waals surface area contributed by atoms with Gasteiger partial charge in [-0.3, -0.25) is 14.0 Å². The van der Waals surface area contributed by atoms with Gasteiger partial charge in [0.25, 0.3) is 5.91 Å². The predicted octanol–water partition coefficient (Wildman–Crippen LogP) is 3.71. The van der Waals surface area contributed by atoms with Crippen molar-refractivity contribution < 1.29 is 14.7 Å². The summed E-state index contributed by atoms with van der Waals surface area (Å²) in [4.78, 5) is 29.7. The number of aromatic nitrogens is 2. The van der Waals surface area contributed by atoms with Gasteiger partial charge in [-0.05, 0) is 37.1 Å². The highest BCUT2D eigenvalue weighted by Gasteiger charge is 2.35. The van der Waals surface area contributed by atoms with Crippen molar-refractivity contribution in [1.82, 2.24) is 9.38 Å². The molecular weight excluding hydrogens is 354 g/mol. The Morgan fingerprint density at radius 3 is 2.75 bits per heavy atom. The Morgan fingerprint density at radius 1 is 1.14 bits per heavy atom. The first kappa shape index (κ1) is 18.4. The Balaban J connectivity index is 1.50. The average Bonchev–Trinajstić information content (AvgIpc) is 3.35. The van der Waals surface area contributed by atoms with Crippen LogP contribution in [0.25, 0.3) is 5.65 Å². The molecule has 1 aromatic carbocycles. The molecule has 1 saturated carbocycles. The first-order valence-electron chi connectivity index (χ1n) is 9.58. The molecule has 0 bridgehead atoms. The molecule has 0 aliphatic heterocycles. The second kappa shape index (κ2) is 7.56. The van der Waals surface area contributed by atoms with Gasteiger partial charge in [-0.15, -0.1) is 0 Å². The molecule has 4 rings (SSSR count). The van der Waals surface area contributed by atoms with Gasteiger partial charge in [-0.25, -0.2) is 4.98 Å². The topological polar surface area (TPSA) is 83.7 Å². The zero-order valence-corrected chi connectivity index (χ0v) is 15.6. The summed E-state index contributed by atoms with van der Waals surface area (Å²) >= 11 is 0. The number of hydrogen-bond donors (Lipinski definition) is 2. The molecule has 2 heterocycles. The molecule has 3 aromatic rings. The molecule has 0 spiro atoms. The highest BCUT2D eigenvalue weighted by atomic mass is 16.3. The molecule has 6 heteroatoms. The SMILES string of the molecule is O=C(CC1(CO)CCCC1)c1cccc(NC(=O)c2cnc3ccccn23)c1. The van der Waals surface area contributed by atoms with E-state index in [0.717, 1.165) is 25.7 Å². The van der Waals surface area contributed by atoms with Crippen LogP contribution in [0.3, 0.4) is 0 Å². The monoisotopic (exact) mass is 377 g/mol. The van der Waals surface area contributed by atoms with Crippen molar-refractivity contribution in [2.45, 2.75) is 32.1 Å². The summed E-state index contributed by atoms with van der Waals surface area (Å²) in [6.07, 6.45) is 7.55. The lowest BCUT2D eigenvalue weighted by molar-refractivity contribution is 0.0793. The number of amides is 1. The van der Waals surface area contributed by atoms with E-state index >= 15 is 0 Å². The van der Waals surface area contributed by atoms with E-state index < -0.39 is 0 Å². The zero-order valence-electron chi connectivity index (χ0n) is 15.6. The number of nitrogens with one attached hydrogen (secondary N) is 1. The molecule has 2 aromatic heterocycles. The highest BCUT2D eigenvalue weighted by Crippen LogP contribution is 2.41. The number of hydrogen-bond acceptors (Lipinski definition) is 4. The molecule has 144 valence electrons. The molecule has 6 nitrogen and oxygen atoms in total. The van der Waals surface area contributed by atoms with Crippen molar-refractivity contribution in [3.05, 3.63) is 66.1 Å². The van der Waals surface area contributed by atoms with E-state index in [1.807, 2.05) is 18.2 Å². The third-order valence-corrected chi connectivity index (χ3v) is 5.63. The van der Waals surface area contributed by atoms with Crippen LogP contribution >= 0.6 is 0 Å². The van der Waals surface area contributed by atoms with E-state index in [1.165, 1.54) is 6.20 Å². The first-order valence-corrected chi connectivity index (χ1v) is 9.58. The standard InChI is InChI=1S/C22H23N3O3/c26-15-22(9-2-3-10-22)13-19(27)16-6-5-7-17(12-16)24-21(28)18-14-23-20-8-1-4-11-25(18)20/h1,4-8,11-12,14,26H,2-3,9-10,13,15H2,(H,24,28). The maximum atomic E-state index is 12.8. The number of benzene rings is 1. The lowest BCUT2D eigenvalue weighted by Gasteiger charge is -2.25. The summed E-state index contributed by atoms with van der Waals surface area (Å²) in [5, 5.41) is 12.6. The number of anilines is 1. The van der Waals surface area contributed by atoms with Gasteiger partial charge in [0.2, 0.25) is 0 Å². The molecule has 1 fully saturated rings. The predicted molar refractivity (Wildman–Crippen MR) is 107 cm³/mol. The first-order chi connectivity index (χ1) is 13.6. The molecular formula is C22H23N3O3. The quantitative estimate of drug-likeness (QED) is 0.642. The second-order valence-electron chi connectivity index (χ2n) is 7.57. The van der Waals surface area contributed by atoms with Crippen molar-refractivity contribution >= 4 is 23.0 Å². The minimum absolute atomic E-state index is 0.00171. The zero-order chi connectivity index (χ0) is 19.6. The van der Waals surface area contributed by atoms with Crippen molar-refractivity contribution in [3.63, 3.8) is 0 Å². The average molecular weight is 377 g/mol. The fourth-order valence-electron chi connectivity index (χ4n) is 4.02. The third-order valence-electron chi connectivity index (χ3n) is 5.63. The largest absolute Gasteiger partial charge is 0.396 e. The van der Waals surface area contributed by atoms with Gasteiger partial charge >= 0.3 is 0 Å². The van der Waals surface area contributed by atoms with E-state index in [9.17, 15) is 14.7 Å². The van der Waals surface area contributed by atoms with Gasteiger partial charge in [-0.1, -0.05) is 31.0 Å². The van der Waals surface area contributed by atoms with Crippen LogP contribution in [0.15, 0.2) is 54.9 Å². The van der Waals surface area contributed by atoms with Crippen LogP contribution in [-0.4, -0.2) is 32.8 Å². The van der Waals surface area contributed by atoms with Crippen LogP contribution < -0.4 is 5.32 Å². The van der Waals surface area contributed by atoms with E-state index in [1.54, 1.807) is 34.9 Å². The van der Waals surface area contributed by atoms with Crippen molar-refractivity contribution in [2.75, 3.05) is 11.9 Å². The molecule has 0 atom stereocenters. The van der Waals surface area contributed by atoms with Crippen molar-refractivity contribution in [1.29, 1.82) is 0 Å². The van der Waals surface area contributed by atoms with Gasteiger partial charge in [0, 0.05) is 35.9 Å². The Kier molecular flexibility index (Phi) is 4.96. The Labute approximate surface area is 163 Å². The number of pyridine rings is 1. The molecule has 2 N–H and O–H groups in total. The number of nitrogens with zero attached hydrogens (tertiary/aromatic N) is 2. The maximum absolute atomic E-state index is 12.8. The smallest absolute Gasteiger partial charge is 0.274 e. The van der Waals surface area contributed by atoms with E-state index in [0.29, 0.717) is 29.0 Å². The fraction of sp³-hybridized carbons (Fsp3) is 0.318. The summed E-state index contributed by atoms with van der Waals surface area (Å²) < 4.78 is 1.72. The van der Waals surface area contributed by atoms with Gasteiger partial charge in [-0.2, -0.15) is 0 Å². The minimum atomic E-state index is -0.286. The summed E-state index contributed by atoms with van der Waals surface area (Å²) in [7, 11) is 0. The number of Topliss-reactive ketones (excluding diaryl/α,β-unsaturated/α-hetero) is 1. The van der Waals surface area contributed by atoms with Gasteiger partial charge < -0.3 is 10.4 Å². The number of rotatable bonds is 6. The number of carbonyl (C=O) groups is 2. The fourth-order valence-corrected chi connectivity index (χ4v) is 4.02. The van der Waals surface area contributed by atoms with Crippen molar-refractivity contribution in [2.24, 2.45) is 5.41 Å². The number of aliphatic hydroxyl groups excluding tert-OH is 1. The molecule has 0 radical (unpaired) electrons. The second-order valence-corrected chi connectivity index (χ2v) is 7.57. The molecule has 0 saturated heterocycles. The van der Waals surface area contributed by atoms with E-state index in [4.69, 9.17) is 0 Å².